The molecule has 1 atom stereocenters. The van der Waals surface area contributed by atoms with Gasteiger partial charge in [0.25, 0.3) is 0 Å². The molecule has 0 N–H and O–H groups in total. The number of carbonyl (C=O) groups excluding carboxylic acids is 1. The maximum Gasteiger partial charge on any atom is 0.329 e. The van der Waals surface area contributed by atoms with E-state index in [1.807, 2.05) is 19.1 Å². The van der Waals surface area contributed by atoms with Crippen LogP contribution in [0.1, 0.15) is 30.3 Å². The number of rotatable bonds is 4. The highest BCUT2D eigenvalue weighted by atomic mass is 32.1. The molecule has 19 heavy (non-hydrogen) atoms. The summed E-state index contributed by atoms with van der Waals surface area (Å²) in [5.74, 6) is -1.56. The predicted molar refractivity (Wildman–Crippen MR) is 71.8 cm³/mol. The molecule has 2 aromatic rings. The molecule has 0 aromatic carbocycles. The van der Waals surface area contributed by atoms with E-state index >= 15 is 0 Å². The summed E-state index contributed by atoms with van der Waals surface area (Å²) in [7, 11) is 0. The molecule has 0 saturated heterocycles. The molecule has 6 heteroatoms. The summed E-state index contributed by atoms with van der Waals surface area (Å²) in [6, 6.07) is 3.91. The molecule has 1 unspecified atom stereocenters. The van der Waals surface area contributed by atoms with E-state index in [0.29, 0.717) is 5.69 Å². The second kappa shape index (κ2) is 5.76. The number of aromatic nitrogens is 2. The van der Waals surface area contributed by atoms with E-state index < -0.39 is 11.9 Å². The Balaban J connectivity index is 2.51. The Morgan fingerprint density at radius 2 is 2.32 bits per heavy atom. The molecule has 0 aliphatic rings. The van der Waals surface area contributed by atoms with Crippen molar-refractivity contribution in [1.29, 1.82) is 5.26 Å². The van der Waals surface area contributed by atoms with Gasteiger partial charge in [-0.05, 0) is 19.4 Å². The number of ether oxygens (including phenoxy) is 1. The molecule has 98 valence electrons. The van der Waals surface area contributed by atoms with Crippen molar-refractivity contribution in [2.45, 2.75) is 26.2 Å². The summed E-state index contributed by atoms with van der Waals surface area (Å²) in [4.78, 5) is 22.0. The van der Waals surface area contributed by atoms with Crippen molar-refractivity contribution in [2.75, 3.05) is 6.61 Å². The molecule has 0 aliphatic carbocycles. The predicted octanol–water partition coefficient (Wildman–Crippen LogP) is 2.42. The number of nitriles is 1. The van der Waals surface area contributed by atoms with E-state index in [4.69, 9.17) is 4.74 Å². The fraction of sp³-hybridized carbons (Fsp3) is 0.385. The molecule has 5 nitrogen and oxygen atoms in total. The Labute approximate surface area is 114 Å². The quantitative estimate of drug-likeness (QED) is 0.801. The van der Waals surface area contributed by atoms with Crippen LogP contribution >= 0.6 is 11.3 Å². The molecule has 0 saturated carbocycles. The number of esters is 1. The number of fused-ring (bicyclic) bond motifs is 1. The largest absolute Gasteiger partial charge is 0.465 e. The lowest BCUT2D eigenvalue weighted by Gasteiger charge is -2.08. The second-order valence-electron chi connectivity index (χ2n) is 3.86. The van der Waals surface area contributed by atoms with E-state index in [9.17, 15) is 10.1 Å². The zero-order valence-corrected chi connectivity index (χ0v) is 11.5. The van der Waals surface area contributed by atoms with Gasteiger partial charge in [-0.2, -0.15) is 5.26 Å². The van der Waals surface area contributed by atoms with Gasteiger partial charge in [0.1, 0.15) is 11.2 Å². The van der Waals surface area contributed by atoms with Crippen LogP contribution in [-0.4, -0.2) is 22.5 Å². The van der Waals surface area contributed by atoms with Gasteiger partial charge in [0.05, 0.1) is 18.4 Å². The van der Waals surface area contributed by atoms with Crippen molar-refractivity contribution in [1.82, 2.24) is 9.97 Å². The third kappa shape index (κ3) is 2.56. The fourth-order valence-electron chi connectivity index (χ4n) is 1.78. The SMILES string of the molecule is CCOC(=O)C(C#N)c1ncnc2sc(CC)cc12. The fourth-order valence-corrected chi connectivity index (χ4v) is 2.72. The number of thiophene rings is 1. The highest BCUT2D eigenvalue weighted by Gasteiger charge is 2.26. The molecule has 0 aliphatic heterocycles. The number of carbonyl (C=O) groups is 1. The molecule has 0 radical (unpaired) electrons. The van der Waals surface area contributed by atoms with Crippen LogP contribution in [0, 0.1) is 11.3 Å². The Bertz CT molecular complexity index is 645. The highest BCUT2D eigenvalue weighted by Crippen LogP contribution is 2.29. The first kappa shape index (κ1) is 13.4. The van der Waals surface area contributed by atoms with E-state index in [2.05, 4.69) is 9.97 Å². The van der Waals surface area contributed by atoms with Crippen LogP contribution in [-0.2, 0) is 16.0 Å². The Morgan fingerprint density at radius 3 is 2.95 bits per heavy atom. The van der Waals surface area contributed by atoms with Crippen LogP contribution in [0.2, 0.25) is 0 Å². The lowest BCUT2D eigenvalue weighted by atomic mass is 10.0. The molecule has 2 rings (SSSR count). The lowest BCUT2D eigenvalue weighted by Crippen LogP contribution is -2.16. The number of aryl methyl sites for hydroxylation is 1. The van der Waals surface area contributed by atoms with Gasteiger partial charge in [-0.15, -0.1) is 11.3 Å². The van der Waals surface area contributed by atoms with Crippen LogP contribution in [0.5, 0.6) is 0 Å². The van der Waals surface area contributed by atoms with Crippen LogP contribution < -0.4 is 0 Å². The summed E-state index contributed by atoms with van der Waals surface area (Å²) in [5, 5.41) is 9.96. The van der Waals surface area contributed by atoms with Crippen molar-refractivity contribution in [3.8, 4) is 6.07 Å². The molecule has 0 amide bonds. The van der Waals surface area contributed by atoms with Gasteiger partial charge >= 0.3 is 5.97 Å². The van der Waals surface area contributed by atoms with Gasteiger partial charge in [0, 0.05) is 10.3 Å². The third-order valence-corrected chi connectivity index (χ3v) is 3.87. The minimum Gasteiger partial charge on any atom is -0.465 e. The van der Waals surface area contributed by atoms with Crippen LogP contribution in [0.25, 0.3) is 10.2 Å². The van der Waals surface area contributed by atoms with E-state index in [1.165, 1.54) is 6.33 Å². The van der Waals surface area contributed by atoms with E-state index in [0.717, 1.165) is 21.5 Å². The molecule has 2 heterocycles. The van der Waals surface area contributed by atoms with Gasteiger partial charge in [0.15, 0.2) is 5.92 Å². The Kier molecular flexibility index (Phi) is 4.07. The highest BCUT2D eigenvalue weighted by molar-refractivity contribution is 7.18. The van der Waals surface area contributed by atoms with Crippen molar-refractivity contribution >= 4 is 27.5 Å². The minimum absolute atomic E-state index is 0.245. The van der Waals surface area contributed by atoms with Crippen molar-refractivity contribution in [3.05, 3.63) is 23.0 Å². The molecule has 0 bridgehead atoms. The maximum absolute atomic E-state index is 11.8. The van der Waals surface area contributed by atoms with Crippen LogP contribution in [0.4, 0.5) is 0 Å². The van der Waals surface area contributed by atoms with Crippen LogP contribution in [0.15, 0.2) is 12.4 Å². The van der Waals surface area contributed by atoms with Gasteiger partial charge in [-0.1, -0.05) is 6.92 Å². The van der Waals surface area contributed by atoms with Gasteiger partial charge < -0.3 is 4.74 Å². The first-order valence-electron chi connectivity index (χ1n) is 6.00. The average Bonchev–Trinajstić information content (AvgIpc) is 2.84. The van der Waals surface area contributed by atoms with Crippen molar-refractivity contribution in [2.24, 2.45) is 0 Å². The summed E-state index contributed by atoms with van der Waals surface area (Å²) < 4.78 is 4.91. The summed E-state index contributed by atoms with van der Waals surface area (Å²) in [5.41, 5.74) is 0.432. The standard InChI is InChI=1S/C13H13N3O2S/c1-3-8-5-9-11(15-7-16-12(9)19-8)10(6-14)13(17)18-4-2/h5,7,10H,3-4H2,1-2H3. The van der Waals surface area contributed by atoms with Gasteiger partial charge in [0.2, 0.25) is 0 Å². The van der Waals surface area contributed by atoms with Crippen molar-refractivity contribution in [3.63, 3.8) is 0 Å². The lowest BCUT2D eigenvalue weighted by molar-refractivity contribution is -0.143. The van der Waals surface area contributed by atoms with E-state index in [-0.39, 0.29) is 6.61 Å². The first-order chi connectivity index (χ1) is 9.21. The monoisotopic (exact) mass is 275 g/mol. The normalized spacial score (nSPS) is 12.1. The van der Waals surface area contributed by atoms with Gasteiger partial charge in [-0.25, -0.2) is 9.97 Å². The molecule has 0 fully saturated rings. The second-order valence-corrected chi connectivity index (χ2v) is 4.97. The molecule has 2 aromatic heterocycles. The van der Waals surface area contributed by atoms with Crippen molar-refractivity contribution < 1.29 is 9.53 Å². The summed E-state index contributed by atoms with van der Waals surface area (Å²) in [6.07, 6.45) is 2.27. The maximum atomic E-state index is 11.8. The Hall–Kier alpha value is -2.00. The number of nitrogens with zero attached hydrogens (tertiary/aromatic N) is 3. The zero-order valence-electron chi connectivity index (χ0n) is 10.7. The van der Waals surface area contributed by atoms with Crippen LogP contribution in [0.3, 0.4) is 0 Å². The molecular formula is C13H13N3O2S. The van der Waals surface area contributed by atoms with Gasteiger partial charge in [-0.3, -0.25) is 4.79 Å². The smallest absolute Gasteiger partial charge is 0.329 e. The topological polar surface area (TPSA) is 75.9 Å². The zero-order chi connectivity index (χ0) is 13.8. The summed E-state index contributed by atoms with van der Waals surface area (Å²) >= 11 is 1.55. The number of hydrogen-bond acceptors (Lipinski definition) is 6. The minimum atomic E-state index is -0.996. The first-order valence-corrected chi connectivity index (χ1v) is 6.82. The third-order valence-electron chi connectivity index (χ3n) is 2.68. The van der Waals surface area contributed by atoms with E-state index in [1.54, 1.807) is 18.3 Å². The summed E-state index contributed by atoms with van der Waals surface area (Å²) in [6.45, 7) is 4.00. The Morgan fingerprint density at radius 1 is 1.53 bits per heavy atom. The average molecular weight is 275 g/mol. The molecular weight excluding hydrogens is 262 g/mol. The molecule has 0 spiro atoms. The number of hydrogen-bond donors (Lipinski definition) is 0.